The van der Waals surface area contributed by atoms with E-state index in [0.717, 1.165) is 58.2 Å². The first-order chi connectivity index (χ1) is 10.4. The molecular weight excluding hydrogens is 266 g/mol. The molecule has 0 bridgehead atoms. The molecule has 2 N–H and O–H groups in total. The summed E-state index contributed by atoms with van der Waals surface area (Å²) in [5.41, 5.74) is 0. The van der Waals surface area contributed by atoms with Crippen LogP contribution in [0.3, 0.4) is 0 Å². The molecule has 0 aliphatic carbocycles. The van der Waals surface area contributed by atoms with Crippen LogP contribution in [0.25, 0.3) is 0 Å². The highest BCUT2D eigenvalue weighted by Gasteiger charge is 1.97. The normalized spacial score (nSPS) is 11.6. The fraction of sp³-hybridized carbons (Fsp3) is 0.733. The molecule has 1 aromatic rings. The van der Waals surface area contributed by atoms with Gasteiger partial charge in [0.1, 0.15) is 0 Å². The molecule has 0 saturated heterocycles. The first-order valence-electron chi connectivity index (χ1n) is 7.94. The van der Waals surface area contributed by atoms with Crippen molar-refractivity contribution < 1.29 is 4.74 Å². The maximum absolute atomic E-state index is 5.52. The summed E-state index contributed by atoms with van der Waals surface area (Å²) >= 11 is 0. The Morgan fingerprint density at radius 3 is 2.81 bits per heavy atom. The van der Waals surface area contributed by atoms with Gasteiger partial charge >= 0.3 is 0 Å². The van der Waals surface area contributed by atoms with Crippen molar-refractivity contribution in [1.29, 1.82) is 0 Å². The van der Waals surface area contributed by atoms with Crippen LogP contribution in [-0.4, -0.2) is 48.6 Å². The second-order valence-electron chi connectivity index (χ2n) is 4.78. The minimum Gasteiger partial charge on any atom is -0.381 e. The number of unbranched alkanes of at least 4 members (excludes halogenated alkanes) is 1. The Morgan fingerprint density at radius 1 is 1.24 bits per heavy atom. The van der Waals surface area contributed by atoms with Gasteiger partial charge in [-0.2, -0.15) is 5.10 Å². The van der Waals surface area contributed by atoms with E-state index in [1.807, 2.05) is 16.9 Å². The van der Waals surface area contributed by atoms with Gasteiger partial charge < -0.3 is 15.4 Å². The average Bonchev–Trinajstić information content (AvgIpc) is 2.99. The molecule has 0 fully saturated rings. The first-order valence-corrected chi connectivity index (χ1v) is 7.94. The van der Waals surface area contributed by atoms with Gasteiger partial charge in [-0.1, -0.05) is 13.3 Å². The Hall–Kier alpha value is -1.56. The summed E-state index contributed by atoms with van der Waals surface area (Å²) in [7, 11) is 0. The zero-order valence-corrected chi connectivity index (χ0v) is 13.3. The van der Waals surface area contributed by atoms with Gasteiger partial charge in [0.2, 0.25) is 0 Å². The van der Waals surface area contributed by atoms with Gasteiger partial charge in [-0.15, -0.1) is 0 Å². The maximum atomic E-state index is 5.52. The molecule has 1 heterocycles. The highest BCUT2D eigenvalue weighted by Crippen LogP contribution is 1.90. The molecule has 0 unspecified atom stereocenters. The Bertz CT molecular complexity index is 364. The lowest BCUT2D eigenvalue weighted by atomic mass is 10.4. The van der Waals surface area contributed by atoms with Crippen LogP contribution in [0.2, 0.25) is 0 Å². The summed E-state index contributed by atoms with van der Waals surface area (Å²) in [4.78, 5) is 4.53. The second-order valence-corrected chi connectivity index (χ2v) is 4.78. The molecule has 1 rings (SSSR count). The van der Waals surface area contributed by atoms with Gasteiger partial charge in [-0.25, -0.2) is 0 Å². The molecule has 0 aliphatic heterocycles. The monoisotopic (exact) mass is 295 g/mol. The minimum absolute atomic E-state index is 0.781. The van der Waals surface area contributed by atoms with Crippen LogP contribution >= 0.6 is 0 Å². The number of hydrogen-bond donors (Lipinski definition) is 2. The molecule has 0 atom stereocenters. The van der Waals surface area contributed by atoms with Gasteiger partial charge in [-0.3, -0.25) is 9.67 Å². The summed E-state index contributed by atoms with van der Waals surface area (Å²) in [6.07, 6.45) is 7.03. The standard InChI is InChI=1S/C15H29N5O/c1-3-5-13-21-14-7-8-17-15(16-4-2)18-10-12-20-11-6-9-19-20/h6,9,11H,3-5,7-8,10,12-14H2,1-2H3,(H2,16,17,18). The third kappa shape index (κ3) is 9.07. The van der Waals surface area contributed by atoms with E-state index in [4.69, 9.17) is 4.74 Å². The fourth-order valence-electron chi connectivity index (χ4n) is 1.77. The number of nitrogens with zero attached hydrogens (tertiary/aromatic N) is 3. The van der Waals surface area contributed by atoms with Gasteiger partial charge in [0.25, 0.3) is 0 Å². The van der Waals surface area contributed by atoms with E-state index in [9.17, 15) is 0 Å². The van der Waals surface area contributed by atoms with Crippen molar-refractivity contribution in [3.8, 4) is 0 Å². The topological polar surface area (TPSA) is 63.5 Å². The SMILES string of the molecule is CCCCOCCCN=C(NCC)NCCn1cccn1. The van der Waals surface area contributed by atoms with Crippen LogP contribution in [0.5, 0.6) is 0 Å². The molecule has 6 heteroatoms. The van der Waals surface area contributed by atoms with E-state index in [1.165, 1.54) is 6.42 Å². The third-order valence-electron chi connectivity index (χ3n) is 2.90. The van der Waals surface area contributed by atoms with Crippen LogP contribution in [-0.2, 0) is 11.3 Å². The van der Waals surface area contributed by atoms with Crippen LogP contribution in [0.15, 0.2) is 23.5 Å². The molecule has 0 saturated carbocycles. The van der Waals surface area contributed by atoms with Crippen LogP contribution in [0.1, 0.15) is 33.1 Å². The average molecular weight is 295 g/mol. The molecule has 120 valence electrons. The largest absolute Gasteiger partial charge is 0.381 e. The lowest BCUT2D eigenvalue weighted by Gasteiger charge is -2.11. The number of rotatable bonds is 11. The van der Waals surface area contributed by atoms with Crippen molar-refractivity contribution >= 4 is 5.96 Å². The zero-order valence-electron chi connectivity index (χ0n) is 13.3. The number of ether oxygens (including phenoxy) is 1. The van der Waals surface area contributed by atoms with E-state index in [1.54, 1.807) is 6.20 Å². The first kappa shape index (κ1) is 17.5. The van der Waals surface area contributed by atoms with Crippen molar-refractivity contribution in [1.82, 2.24) is 20.4 Å². The Kier molecular flexibility index (Phi) is 10.2. The zero-order chi connectivity index (χ0) is 15.2. The van der Waals surface area contributed by atoms with E-state index < -0.39 is 0 Å². The summed E-state index contributed by atoms with van der Waals surface area (Å²) in [5, 5.41) is 10.7. The van der Waals surface area contributed by atoms with E-state index in [2.05, 4.69) is 34.6 Å². The van der Waals surface area contributed by atoms with Crippen molar-refractivity contribution in [2.24, 2.45) is 4.99 Å². The van der Waals surface area contributed by atoms with Crippen molar-refractivity contribution in [3.05, 3.63) is 18.5 Å². The lowest BCUT2D eigenvalue weighted by Crippen LogP contribution is -2.39. The molecule has 1 aromatic heterocycles. The van der Waals surface area contributed by atoms with Gasteiger partial charge in [0, 0.05) is 45.2 Å². The number of aliphatic imine (C=N–C) groups is 1. The lowest BCUT2D eigenvalue weighted by molar-refractivity contribution is 0.130. The predicted molar refractivity (Wildman–Crippen MR) is 86.6 cm³/mol. The Labute approximate surface area is 128 Å². The fourth-order valence-corrected chi connectivity index (χ4v) is 1.77. The molecular formula is C15H29N5O. The molecule has 0 aliphatic rings. The molecule has 0 amide bonds. The van der Waals surface area contributed by atoms with Crippen LogP contribution < -0.4 is 10.6 Å². The summed E-state index contributed by atoms with van der Waals surface area (Å²) in [6.45, 7) is 9.17. The van der Waals surface area contributed by atoms with Gasteiger partial charge in [-0.05, 0) is 25.8 Å². The third-order valence-corrected chi connectivity index (χ3v) is 2.90. The highest BCUT2D eigenvalue weighted by molar-refractivity contribution is 5.79. The van der Waals surface area contributed by atoms with Crippen LogP contribution in [0.4, 0.5) is 0 Å². The van der Waals surface area contributed by atoms with E-state index >= 15 is 0 Å². The summed E-state index contributed by atoms with van der Waals surface area (Å²) in [5.74, 6) is 0.859. The molecule has 0 spiro atoms. The molecule has 21 heavy (non-hydrogen) atoms. The predicted octanol–water partition coefficient (Wildman–Crippen LogP) is 1.64. The molecule has 0 radical (unpaired) electrons. The highest BCUT2D eigenvalue weighted by atomic mass is 16.5. The molecule has 6 nitrogen and oxygen atoms in total. The number of hydrogen-bond acceptors (Lipinski definition) is 3. The van der Waals surface area contributed by atoms with Gasteiger partial charge in [0.05, 0.1) is 6.54 Å². The van der Waals surface area contributed by atoms with Crippen LogP contribution in [0, 0.1) is 0 Å². The van der Waals surface area contributed by atoms with Crippen molar-refractivity contribution in [2.45, 2.75) is 39.7 Å². The van der Waals surface area contributed by atoms with Crippen molar-refractivity contribution in [3.63, 3.8) is 0 Å². The summed E-state index contributed by atoms with van der Waals surface area (Å²) in [6, 6.07) is 1.93. The minimum atomic E-state index is 0.781. The van der Waals surface area contributed by atoms with Gasteiger partial charge in [0.15, 0.2) is 5.96 Å². The Morgan fingerprint density at radius 2 is 2.10 bits per heavy atom. The number of nitrogens with one attached hydrogen (secondary N) is 2. The number of guanidine groups is 1. The Balaban J connectivity index is 2.13. The second kappa shape index (κ2) is 12.2. The maximum Gasteiger partial charge on any atom is 0.191 e. The van der Waals surface area contributed by atoms with E-state index in [0.29, 0.717) is 0 Å². The quantitative estimate of drug-likeness (QED) is 0.370. The van der Waals surface area contributed by atoms with Crippen molar-refractivity contribution in [2.75, 3.05) is 32.8 Å². The number of aromatic nitrogens is 2. The smallest absolute Gasteiger partial charge is 0.191 e. The molecule has 0 aromatic carbocycles. The summed E-state index contributed by atoms with van der Waals surface area (Å²) < 4.78 is 7.43. The van der Waals surface area contributed by atoms with E-state index in [-0.39, 0.29) is 0 Å².